The molecule has 0 aromatic carbocycles. The predicted molar refractivity (Wildman–Crippen MR) is 70.4 cm³/mol. The van der Waals surface area contributed by atoms with Crippen molar-refractivity contribution in [2.24, 2.45) is 5.92 Å². The molecule has 0 spiro atoms. The average molecular weight is 269 g/mol. The highest BCUT2D eigenvalue weighted by atomic mass is 32.2. The van der Waals surface area contributed by atoms with Crippen LogP contribution in [0.3, 0.4) is 0 Å². The maximum Gasteiger partial charge on any atom is 0.244 e. The molecule has 0 aliphatic carbocycles. The van der Waals surface area contributed by atoms with Crippen molar-refractivity contribution in [1.82, 2.24) is 9.29 Å². The molecule has 1 aliphatic heterocycles. The highest BCUT2D eigenvalue weighted by Gasteiger charge is 2.29. The first-order valence-electron chi connectivity index (χ1n) is 6.25. The van der Waals surface area contributed by atoms with E-state index in [0.717, 1.165) is 19.3 Å². The Morgan fingerprint density at radius 1 is 1.50 bits per heavy atom. The van der Waals surface area contributed by atoms with Crippen molar-refractivity contribution in [3.05, 3.63) is 18.3 Å². The van der Waals surface area contributed by atoms with Crippen molar-refractivity contribution >= 4 is 15.8 Å². The number of nitrogen functional groups attached to an aromatic ring is 1. The molecule has 0 bridgehead atoms. The number of nitrogens with two attached hydrogens (primary N) is 1. The zero-order chi connectivity index (χ0) is 13.2. The van der Waals surface area contributed by atoms with Crippen LogP contribution in [0.15, 0.2) is 23.2 Å². The first kappa shape index (κ1) is 13.3. The Morgan fingerprint density at radius 3 is 2.89 bits per heavy atom. The number of rotatable bonds is 3. The second kappa shape index (κ2) is 5.24. The number of hydrogen-bond donors (Lipinski definition) is 1. The number of piperidine rings is 1. The Labute approximate surface area is 108 Å². The highest BCUT2D eigenvalue weighted by Crippen LogP contribution is 2.25. The quantitative estimate of drug-likeness (QED) is 0.901. The van der Waals surface area contributed by atoms with Crippen LogP contribution in [0.5, 0.6) is 0 Å². The van der Waals surface area contributed by atoms with Crippen LogP contribution in [0.4, 0.5) is 5.82 Å². The molecular weight excluding hydrogens is 250 g/mol. The van der Waals surface area contributed by atoms with E-state index in [1.807, 2.05) is 0 Å². The molecule has 0 radical (unpaired) electrons. The molecule has 1 atom stereocenters. The number of sulfonamides is 1. The van der Waals surface area contributed by atoms with Gasteiger partial charge in [0.05, 0.1) is 0 Å². The number of anilines is 1. The lowest BCUT2D eigenvalue weighted by molar-refractivity contribution is 0.261. The second-order valence-electron chi connectivity index (χ2n) is 4.70. The Hall–Kier alpha value is -1.14. The molecule has 1 aromatic heterocycles. The van der Waals surface area contributed by atoms with Gasteiger partial charge in [0.25, 0.3) is 0 Å². The summed E-state index contributed by atoms with van der Waals surface area (Å²) in [5.41, 5.74) is 5.47. The Morgan fingerprint density at radius 2 is 2.28 bits per heavy atom. The van der Waals surface area contributed by atoms with Crippen molar-refractivity contribution < 1.29 is 8.42 Å². The Bertz CT molecular complexity index is 499. The minimum atomic E-state index is -3.41. The molecule has 1 unspecified atom stereocenters. The van der Waals surface area contributed by atoms with Crippen LogP contribution in [-0.2, 0) is 10.0 Å². The van der Waals surface area contributed by atoms with Crippen LogP contribution >= 0.6 is 0 Å². The van der Waals surface area contributed by atoms with Crippen molar-refractivity contribution in [2.45, 2.75) is 31.1 Å². The van der Waals surface area contributed by atoms with Gasteiger partial charge in [0.15, 0.2) is 0 Å². The SMILES string of the molecule is CCC1CCCN(S(=O)(=O)c2ccc(N)nc2)C1. The summed E-state index contributed by atoms with van der Waals surface area (Å²) in [5, 5.41) is 0. The lowest BCUT2D eigenvalue weighted by Gasteiger charge is -2.31. The van der Waals surface area contributed by atoms with Gasteiger partial charge < -0.3 is 5.73 Å². The first-order chi connectivity index (χ1) is 8.54. The van der Waals surface area contributed by atoms with E-state index in [1.165, 1.54) is 18.3 Å². The van der Waals surface area contributed by atoms with Gasteiger partial charge in [0.1, 0.15) is 10.7 Å². The van der Waals surface area contributed by atoms with Gasteiger partial charge in [0.2, 0.25) is 10.0 Å². The third-order valence-corrected chi connectivity index (χ3v) is 5.30. The highest BCUT2D eigenvalue weighted by molar-refractivity contribution is 7.89. The largest absolute Gasteiger partial charge is 0.384 e. The maximum absolute atomic E-state index is 12.4. The molecule has 2 N–H and O–H groups in total. The number of nitrogens with zero attached hydrogens (tertiary/aromatic N) is 2. The van der Waals surface area contributed by atoms with E-state index < -0.39 is 10.0 Å². The molecule has 1 aliphatic rings. The third kappa shape index (κ3) is 2.64. The molecule has 2 rings (SSSR count). The monoisotopic (exact) mass is 269 g/mol. The molecule has 0 saturated carbocycles. The van der Waals surface area contributed by atoms with Crippen LogP contribution in [0.1, 0.15) is 26.2 Å². The number of aromatic nitrogens is 1. The maximum atomic E-state index is 12.4. The number of hydrogen-bond acceptors (Lipinski definition) is 4. The average Bonchev–Trinajstić information content (AvgIpc) is 2.39. The molecule has 2 heterocycles. The fraction of sp³-hybridized carbons (Fsp3) is 0.583. The van der Waals surface area contributed by atoms with Crippen LogP contribution in [0.25, 0.3) is 0 Å². The summed E-state index contributed by atoms with van der Waals surface area (Å²) in [4.78, 5) is 4.08. The lowest BCUT2D eigenvalue weighted by atomic mass is 9.97. The van der Waals surface area contributed by atoms with Gasteiger partial charge >= 0.3 is 0 Å². The lowest BCUT2D eigenvalue weighted by Crippen LogP contribution is -2.39. The van der Waals surface area contributed by atoms with Gasteiger partial charge in [-0.1, -0.05) is 13.3 Å². The van der Waals surface area contributed by atoms with Crippen LogP contribution in [-0.4, -0.2) is 30.8 Å². The summed E-state index contributed by atoms with van der Waals surface area (Å²) in [5.74, 6) is 0.800. The van der Waals surface area contributed by atoms with Gasteiger partial charge in [-0.3, -0.25) is 0 Å². The summed E-state index contributed by atoms with van der Waals surface area (Å²) >= 11 is 0. The minimum absolute atomic E-state index is 0.230. The van der Waals surface area contributed by atoms with Crippen LogP contribution in [0, 0.1) is 5.92 Å². The molecule has 1 aromatic rings. The fourth-order valence-corrected chi connectivity index (χ4v) is 3.77. The summed E-state index contributed by atoms with van der Waals surface area (Å²) in [6.07, 6.45) is 4.40. The summed E-state index contributed by atoms with van der Waals surface area (Å²) in [7, 11) is -3.41. The topological polar surface area (TPSA) is 76.3 Å². The zero-order valence-corrected chi connectivity index (χ0v) is 11.4. The van der Waals surface area contributed by atoms with Gasteiger partial charge in [-0.25, -0.2) is 13.4 Å². The smallest absolute Gasteiger partial charge is 0.244 e. The van der Waals surface area contributed by atoms with E-state index >= 15 is 0 Å². The van der Waals surface area contributed by atoms with Crippen LogP contribution < -0.4 is 5.73 Å². The molecular formula is C12H19N3O2S. The van der Waals surface area contributed by atoms with Crippen molar-refractivity contribution in [3.8, 4) is 0 Å². The molecule has 18 heavy (non-hydrogen) atoms. The van der Waals surface area contributed by atoms with E-state index in [9.17, 15) is 8.42 Å². The van der Waals surface area contributed by atoms with E-state index in [1.54, 1.807) is 4.31 Å². The van der Waals surface area contributed by atoms with Gasteiger partial charge in [-0.2, -0.15) is 4.31 Å². The zero-order valence-electron chi connectivity index (χ0n) is 10.5. The molecule has 5 nitrogen and oxygen atoms in total. The molecule has 0 amide bonds. The molecule has 100 valence electrons. The van der Waals surface area contributed by atoms with Crippen molar-refractivity contribution in [2.75, 3.05) is 18.8 Å². The van der Waals surface area contributed by atoms with Gasteiger partial charge in [0, 0.05) is 19.3 Å². The third-order valence-electron chi connectivity index (χ3n) is 3.46. The number of pyridine rings is 1. The van der Waals surface area contributed by atoms with E-state index in [-0.39, 0.29) is 4.90 Å². The van der Waals surface area contributed by atoms with E-state index in [4.69, 9.17) is 5.73 Å². The Kier molecular flexibility index (Phi) is 3.87. The van der Waals surface area contributed by atoms with Crippen molar-refractivity contribution in [3.63, 3.8) is 0 Å². The van der Waals surface area contributed by atoms with Crippen molar-refractivity contribution in [1.29, 1.82) is 0 Å². The predicted octanol–water partition coefficient (Wildman–Crippen LogP) is 1.47. The normalized spacial score (nSPS) is 21.9. The Balaban J connectivity index is 2.22. The summed E-state index contributed by atoms with van der Waals surface area (Å²) in [6.45, 7) is 3.32. The minimum Gasteiger partial charge on any atom is -0.384 e. The van der Waals surface area contributed by atoms with Crippen LogP contribution in [0.2, 0.25) is 0 Å². The van der Waals surface area contributed by atoms with E-state index in [2.05, 4.69) is 11.9 Å². The fourth-order valence-electron chi connectivity index (χ4n) is 2.27. The molecule has 6 heteroatoms. The standard InChI is InChI=1S/C12H19N3O2S/c1-2-10-4-3-7-15(9-10)18(16,17)11-5-6-12(13)14-8-11/h5-6,8,10H,2-4,7,9H2,1H3,(H2,13,14). The second-order valence-corrected chi connectivity index (χ2v) is 6.64. The summed E-state index contributed by atoms with van der Waals surface area (Å²) < 4.78 is 26.4. The molecule has 1 fully saturated rings. The van der Waals surface area contributed by atoms with Gasteiger partial charge in [-0.15, -0.1) is 0 Å². The summed E-state index contributed by atoms with van der Waals surface area (Å²) in [6, 6.07) is 3.04. The molecule has 1 saturated heterocycles. The van der Waals surface area contributed by atoms with Gasteiger partial charge in [-0.05, 0) is 30.9 Å². The van der Waals surface area contributed by atoms with E-state index in [0.29, 0.717) is 24.8 Å². The first-order valence-corrected chi connectivity index (χ1v) is 7.69.